The summed E-state index contributed by atoms with van der Waals surface area (Å²) in [4.78, 5) is 2.41. The summed E-state index contributed by atoms with van der Waals surface area (Å²) in [6, 6.07) is 23.1. The van der Waals surface area contributed by atoms with Crippen molar-refractivity contribution in [3.05, 3.63) is 77.9 Å². The van der Waals surface area contributed by atoms with E-state index in [2.05, 4.69) is 66.4 Å². The number of nitrogen functional groups attached to an aromatic ring is 2. The molecule has 120 valence electrons. The van der Waals surface area contributed by atoms with Gasteiger partial charge in [-0.15, -0.1) is 0 Å². The molecule has 4 rings (SSSR count). The molecule has 3 heteroatoms. The number of fused-ring (bicyclic) bond motifs is 3. The van der Waals surface area contributed by atoms with Crippen LogP contribution in [0, 0.1) is 0 Å². The van der Waals surface area contributed by atoms with Crippen LogP contribution in [0.3, 0.4) is 0 Å². The second-order valence-corrected chi connectivity index (χ2v) is 6.22. The Hall–Kier alpha value is -2.94. The fourth-order valence-electron chi connectivity index (χ4n) is 3.72. The van der Waals surface area contributed by atoms with Gasteiger partial charge in [-0.25, -0.2) is 0 Å². The fraction of sp³-hybridized carbons (Fsp3) is 0.143. The summed E-state index contributed by atoms with van der Waals surface area (Å²) in [6.45, 7) is 3.07. The minimum absolute atomic E-state index is 0.143. The van der Waals surface area contributed by atoms with E-state index in [1.807, 2.05) is 12.1 Å². The van der Waals surface area contributed by atoms with Crippen LogP contribution < -0.4 is 16.4 Å². The Morgan fingerprint density at radius 3 is 2.21 bits per heavy atom. The number of rotatable bonds is 2. The van der Waals surface area contributed by atoms with Crippen molar-refractivity contribution in [2.75, 3.05) is 22.9 Å². The molecule has 0 radical (unpaired) electrons. The molecule has 1 atom stereocenters. The highest BCUT2D eigenvalue weighted by Gasteiger charge is 2.31. The van der Waals surface area contributed by atoms with Crippen LogP contribution in [0.5, 0.6) is 0 Å². The summed E-state index contributed by atoms with van der Waals surface area (Å²) >= 11 is 0. The van der Waals surface area contributed by atoms with E-state index in [-0.39, 0.29) is 6.04 Å². The van der Waals surface area contributed by atoms with E-state index >= 15 is 0 Å². The first kappa shape index (κ1) is 14.6. The number of nitrogens with two attached hydrogens (primary N) is 2. The highest BCUT2D eigenvalue weighted by atomic mass is 15.2. The monoisotopic (exact) mass is 315 g/mol. The molecular formula is C21H21N3. The van der Waals surface area contributed by atoms with Crippen molar-refractivity contribution in [2.24, 2.45) is 0 Å². The van der Waals surface area contributed by atoms with E-state index in [0.717, 1.165) is 17.9 Å². The third kappa shape index (κ3) is 2.21. The lowest BCUT2D eigenvalue weighted by molar-refractivity contribution is 0.719. The van der Waals surface area contributed by atoms with E-state index in [0.29, 0.717) is 0 Å². The zero-order chi connectivity index (χ0) is 16.7. The smallest absolute Gasteiger partial charge is 0.0802 e. The molecule has 3 nitrogen and oxygen atoms in total. The van der Waals surface area contributed by atoms with Crippen LogP contribution in [0.2, 0.25) is 0 Å². The van der Waals surface area contributed by atoms with Crippen molar-refractivity contribution >= 4 is 17.1 Å². The standard InChI is InChI=1S/C21H21N3/c1-2-24-20-13-16(23)9-11-18(20)17-10-8-15(22)12-19(17)21(24)14-6-4-3-5-7-14/h3-13,21H,2,22-23H2,1H3/t21-/m0/s1. The van der Waals surface area contributed by atoms with Crippen molar-refractivity contribution in [3.63, 3.8) is 0 Å². The van der Waals surface area contributed by atoms with Crippen LogP contribution in [0.15, 0.2) is 66.7 Å². The molecule has 0 aromatic heterocycles. The fourth-order valence-corrected chi connectivity index (χ4v) is 3.72. The lowest BCUT2D eigenvalue weighted by Gasteiger charge is -2.40. The van der Waals surface area contributed by atoms with Gasteiger partial charge in [-0.1, -0.05) is 42.5 Å². The predicted molar refractivity (Wildman–Crippen MR) is 102 cm³/mol. The minimum Gasteiger partial charge on any atom is -0.399 e. The zero-order valence-electron chi connectivity index (χ0n) is 13.7. The molecule has 4 N–H and O–H groups in total. The van der Waals surface area contributed by atoms with Crippen LogP contribution in [-0.4, -0.2) is 6.54 Å². The third-order valence-electron chi connectivity index (χ3n) is 4.76. The van der Waals surface area contributed by atoms with Crippen molar-refractivity contribution in [1.82, 2.24) is 0 Å². The van der Waals surface area contributed by atoms with Gasteiger partial charge in [0.2, 0.25) is 0 Å². The van der Waals surface area contributed by atoms with Gasteiger partial charge in [0.05, 0.1) is 6.04 Å². The number of hydrogen-bond acceptors (Lipinski definition) is 3. The maximum atomic E-state index is 6.11. The van der Waals surface area contributed by atoms with E-state index < -0.39 is 0 Å². The Bertz CT molecular complexity index is 887. The molecule has 0 aliphatic carbocycles. The normalized spacial score (nSPS) is 15.7. The molecule has 0 saturated heterocycles. The lowest BCUT2D eigenvalue weighted by atomic mass is 9.84. The lowest BCUT2D eigenvalue weighted by Crippen LogP contribution is -2.33. The summed E-state index contributed by atoms with van der Waals surface area (Å²) in [6.07, 6.45) is 0. The molecule has 3 aromatic rings. The van der Waals surface area contributed by atoms with E-state index in [4.69, 9.17) is 11.5 Å². The number of hydrogen-bond donors (Lipinski definition) is 2. The molecule has 1 heterocycles. The van der Waals surface area contributed by atoms with Gasteiger partial charge < -0.3 is 16.4 Å². The number of benzene rings is 3. The maximum absolute atomic E-state index is 6.11. The summed E-state index contributed by atoms with van der Waals surface area (Å²) in [5, 5.41) is 0. The molecule has 1 aliphatic heterocycles. The Morgan fingerprint density at radius 2 is 1.50 bits per heavy atom. The average molecular weight is 315 g/mol. The molecule has 0 spiro atoms. The molecule has 1 aliphatic rings. The quantitative estimate of drug-likeness (QED) is 0.687. The SMILES string of the molecule is CCN1c2cc(N)ccc2-c2ccc(N)cc2[C@@H]1c1ccccc1. The van der Waals surface area contributed by atoms with Gasteiger partial charge in [-0.3, -0.25) is 0 Å². The van der Waals surface area contributed by atoms with Gasteiger partial charge in [0.1, 0.15) is 0 Å². The van der Waals surface area contributed by atoms with Gasteiger partial charge in [0.15, 0.2) is 0 Å². The molecule has 24 heavy (non-hydrogen) atoms. The average Bonchev–Trinajstić information content (AvgIpc) is 2.61. The zero-order valence-corrected chi connectivity index (χ0v) is 13.7. The first-order valence-corrected chi connectivity index (χ1v) is 8.30. The topological polar surface area (TPSA) is 55.3 Å². The molecule has 0 unspecified atom stereocenters. The second-order valence-electron chi connectivity index (χ2n) is 6.22. The van der Waals surface area contributed by atoms with Gasteiger partial charge in [0, 0.05) is 29.2 Å². The molecule has 3 aromatic carbocycles. The van der Waals surface area contributed by atoms with Crippen LogP contribution in [0.25, 0.3) is 11.1 Å². The minimum atomic E-state index is 0.143. The summed E-state index contributed by atoms with van der Waals surface area (Å²) in [5.74, 6) is 0. The van der Waals surface area contributed by atoms with Crippen molar-refractivity contribution in [1.29, 1.82) is 0 Å². The van der Waals surface area contributed by atoms with Gasteiger partial charge >= 0.3 is 0 Å². The molecule has 0 amide bonds. The van der Waals surface area contributed by atoms with Crippen molar-refractivity contribution in [2.45, 2.75) is 13.0 Å². The molecule has 0 fully saturated rings. The summed E-state index contributed by atoms with van der Waals surface area (Å²) < 4.78 is 0. The van der Waals surface area contributed by atoms with Gasteiger partial charge in [-0.05, 0) is 47.9 Å². The first-order valence-electron chi connectivity index (χ1n) is 8.30. The Labute approximate surface area is 142 Å². The third-order valence-corrected chi connectivity index (χ3v) is 4.76. The van der Waals surface area contributed by atoms with E-state index in [9.17, 15) is 0 Å². The second kappa shape index (κ2) is 5.60. The Morgan fingerprint density at radius 1 is 0.833 bits per heavy atom. The largest absolute Gasteiger partial charge is 0.399 e. The maximum Gasteiger partial charge on any atom is 0.0802 e. The van der Waals surface area contributed by atoms with Crippen molar-refractivity contribution in [3.8, 4) is 11.1 Å². The molecule has 0 bridgehead atoms. The summed E-state index contributed by atoms with van der Waals surface area (Å²) in [7, 11) is 0. The predicted octanol–water partition coefficient (Wildman–Crippen LogP) is 4.45. The van der Waals surface area contributed by atoms with Crippen LogP contribution in [0.1, 0.15) is 24.1 Å². The van der Waals surface area contributed by atoms with E-state index in [1.54, 1.807) is 0 Å². The Kier molecular flexibility index (Phi) is 3.42. The van der Waals surface area contributed by atoms with Crippen LogP contribution >= 0.6 is 0 Å². The number of nitrogens with zero attached hydrogens (tertiary/aromatic N) is 1. The van der Waals surface area contributed by atoms with Crippen LogP contribution in [0.4, 0.5) is 17.1 Å². The van der Waals surface area contributed by atoms with Crippen LogP contribution in [-0.2, 0) is 0 Å². The highest BCUT2D eigenvalue weighted by molar-refractivity contribution is 5.88. The van der Waals surface area contributed by atoms with Crippen molar-refractivity contribution < 1.29 is 0 Å². The van der Waals surface area contributed by atoms with E-state index in [1.165, 1.54) is 27.9 Å². The van der Waals surface area contributed by atoms with Gasteiger partial charge in [-0.2, -0.15) is 0 Å². The Balaban J connectivity index is 2.02. The molecular weight excluding hydrogens is 294 g/mol. The molecule has 0 saturated carbocycles. The number of anilines is 3. The highest BCUT2D eigenvalue weighted by Crippen LogP contribution is 2.48. The van der Waals surface area contributed by atoms with Gasteiger partial charge in [0.25, 0.3) is 0 Å². The summed E-state index contributed by atoms with van der Waals surface area (Å²) in [5.41, 5.74) is 19.9. The first-order chi connectivity index (χ1) is 11.7.